The van der Waals surface area contributed by atoms with Crippen LogP contribution >= 0.6 is 0 Å². The largest absolute Gasteiger partial charge is 0.453 e. The molecule has 35 heavy (non-hydrogen) atoms. The van der Waals surface area contributed by atoms with Crippen molar-refractivity contribution in [2.45, 2.75) is 64.1 Å². The highest BCUT2D eigenvalue weighted by molar-refractivity contribution is 5.67. The minimum atomic E-state index is -1.42. The lowest BCUT2D eigenvalue weighted by Crippen LogP contribution is -2.55. The third kappa shape index (κ3) is 6.80. The van der Waals surface area contributed by atoms with Gasteiger partial charge in [-0.15, -0.1) is 0 Å². The molecule has 2 aromatic carbocycles. The Morgan fingerprint density at radius 2 is 1.57 bits per heavy atom. The summed E-state index contributed by atoms with van der Waals surface area (Å²) in [6, 6.07) is 18.0. The lowest BCUT2D eigenvalue weighted by atomic mass is 9.89. The Hall–Kier alpha value is -3.43. The molecule has 0 amide bonds. The van der Waals surface area contributed by atoms with Crippen LogP contribution in [0.15, 0.2) is 65.8 Å². The summed E-state index contributed by atoms with van der Waals surface area (Å²) >= 11 is 0. The molecule has 2 unspecified atom stereocenters. The Labute approximate surface area is 203 Å². The van der Waals surface area contributed by atoms with E-state index in [1.54, 1.807) is 6.92 Å². The second-order valence-electron chi connectivity index (χ2n) is 8.20. The average Bonchev–Trinajstić information content (AvgIpc) is 3.11. The van der Waals surface area contributed by atoms with Gasteiger partial charge < -0.3 is 23.7 Å². The fourth-order valence-corrected chi connectivity index (χ4v) is 3.98. The number of hydrogen-bond donors (Lipinski definition) is 0. The molecule has 186 valence electrons. The molecule has 10 heteroatoms. The van der Waals surface area contributed by atoms with Crippen LogP contribution < -0.4 is 0 Å². The highest BCUT2D eigenvalue weighted by Gasteiger charge is 2.61. The van der Waals surface area contributed by atoms with Crippen LogP contribution in [0.5, 0.6) is 0 Å². The van der Waals surface area contributed by atoms with Gasteiger partial charge in [-0.05, 0) is 16.7 Å². The SMILES string of the molecule is CC(=O)OC1O[C@@](COCc2ccccc2)(C(C)N=[N+]=[N-])[C@@H](OCc2ccccc2)[C@H]1OC(C)=O. The fourth-order valence-electron chi connectivity index (χ4n) is 3.98. The number of rotatable bonds is 11. The van der Waals surface area contributed by atoms with Gasteiger partial charge in [-0.2, -0.15) is 0 Å². The predicted molar refractivity (Wildman–Crippen MR) is 125 cm³/mol. The van der Waals surface area contributed by atoms with Gasteiger partial charge in [-0.3, -0.25) is 9.59 Å². The van der Waals surface area contributed by atoms with Crippen LogP contribution in [0.1, 0.15) is 31.9 Å². The van der Waals surface area contributed by atoms with Crippen LogP contribution in [0.25, 0.3) is 10.4 Å². The van der Waals surface area contributed by atoms with E-state index in [1.165, 1.54) is 13.8 Å². The summed E-state index contributed by atoms with van der Waals surface area (Å²) in [4.78, 5) is 26.7. The van der Waals surface area contributed by atoms with E-state index in [0.29, 0.717) is 0 Å². The first-order chi connectivity index (χ1) is 16.9. The number of benzene rings is 2. The lowest BCUT2D eigenvalue weighted by molar-refractivity contribution is -0.215. The summed E-state index contributed by atoms with van der Waals surface area (Å²) in [5.74, 6) is -1.24. The lowest BCUT2D eigenvalue weighted by Gasteiger charge is -2.37. The molecule has 0 aliphatic carbocycles. The normalized spacial score (nSPS) is 24.3. The molecule has 0 saturated carbocycles. The summed E-state index contributed by atoms with van der Waals surface area (Å²) < 4.78 is 29.3. The smallest absolute Gasteiger partial charge is 0.305 e. The standard InChI is InChI=1S/C25H29N3O7/c1-17(27-28-26)25(16-31-14-20-10-6-4-7-11-20)23(32-15-21-12-8-5-9-13-21)22(33-18(2)29)24(35-25)34-19(3)30/h4-13,17,22-24H,14-16H2,1-3H3/t17?,22-,23+,24?,25+/m1/s1. The molecule has 0 radical (unpaired) electrons. The Morgan fingerprint density at radius 1 is 1.00 bits per heavy atom. The molecule has 5 atom stereocenters. The maximum absolute atomic E-state index is 12.0. The number of carbonyl (C=O) groups excluding carboxylic acids is 2. The predicted octanol–water partition coefficient (Wildman–Crippen LogP) is 4.08. The van der Waals surface area contributed by atoms with E-state index < -0.39 is 42.1 Å². The minimum Gasteiger partial charge on any atom is -0.453 e. The topological polar surface area (TPSA) is 129 Å². The van der Waals surface area contributed by atoms with E-state index in [9.17, 15) is 15.1 Å². The minimum absolute atomic E-state index is 0.0862. The number of esters is 2. The number of carbonyl (C=O) groups is 2. The summed E-state index contributed by atoms with van der Waals surface area (Å²) in [5.41, 5.74) is 9.55. The van der Waals surface area contributed by atoms with Crippen LogP contribution in [0.2, 0.25) is 0 Å². The maximum atomic E-state index is 12.0. The average molecular weight is 484 g/mol. The molecule has 2 aromatic rings. The Balaban J connectivity index is 1.96. The first-order valence-electron chi connectivity index (χ1n) is 11.2. The molecule has 1 heterocycles. The van der Waals surface area contributed by atoms with Crippen molar-refractivity contribution in [1.82, 2.24) is 0 Å². The van der Waals surface area contributed by atoms with Gasteiger partial charge in [-0.1, -0.05) is 72.7 Å². The van der Waals surface area contributed by atoms with Crippen LogP contribution in [0.3, 0.4) is 0 Å². The van der Waals surface area contributed by atoms with Crippen LogP contribution in [0.4, 0.5) is 0 Å². The van der Waals surface area contributed by atoms with Gasteiger partial charge in [0.25, 0.3) is 0 Å². The van der Waals surface area contributed by atoms with Crippen molar-refractivity contribution in [3.63, 3.8) is 0 Å². The van der Waals surface area contributed by atoms with Crippen molar-refractivity contribution in [3.05, 3.63) is 82.2 Å². The van der Waals surface area contributed by atoms with Crippen molar-refractivity contribution in [2.24, 2.45) is 5.11 Å². The van der Waals surface area contributed by atoms with E-state index in [1.807, 2.05) is 60.7 Å². The van der Waals surface area contributed by atoms with Gasteiger partial charge in [0.2, 0.25) is 6.29 Å². The molecule has 0 aromatic heterocycles. The Kier molecular flexibility index (Phi) is 9.22. The van der Waals surface area contributed by atoms with E-state index in [-0.39, 0.29) is 19.8 Å². The van der Waals surface area contributed by atoms with Gasteiger partial charge in [-0.25, -0.2) is 0 Å². The zero-order valence-corrected chi connectivity index (χ0v) is 19.9. The summed E-state index contributed by atoms with van der Waals surface area (Å²) in [5, 5.41) is 3.85. The van der Waals surface area contributed by atoms with E-state index in [0.717, 1.165) is 11.1 Å². The van der Waals surface area contributed by atoms with Crippen molar-refractivity contribution in [1.29, 1.82) is 0 Å². The van der Waals surface area contributed by atoms with Gasteiger partial charge in [0, 0.05) is 18.8 Å². The maximum Gasteiger partial charge on any atom is 0.305 e. The molecular formula is C25H29N3O7. The molecule has 0 spiro atoms. The number of ether oxygens (including phenoxy) is 5. The van der Waals surface area contributed by atoms with Crippen molar-refractivity contribution in [2.75, 3.05) is 6.61 Å². The highest BCUT2D eigenvalue weighted by Crippen LogP contribution is 2.41. The summed E-state index contributed by atoms with van der Waals surface area (Å²) in [6.45, 7) is 4.40. The van der Waals surface area contributed by atoms with E-state index >= 15 is 0 Å². The molecule has 1 aliphatic heterocycles. The molecular weight excluding hydrogens is 454 g/mol. The molecule has 1 fully saturated rings. The van der Waals surface area contributed by atoms with Crippen molar-refractivity contribution < 1.29 is 33.3 Å². The quantitative estimate of drug-likeness (QED) is 0.204. The first kappa shape index (κ1) is 26.2. The summed E-state index contributed by atoms with van der Waals surface area (Å²) in [7, 11) is 0. The van der Waals surface area contributed by atoms with E-state index in [4.69, 9.17) is 23.7 Å². The number of nitrogens with zero attached hydrogens (tertiary/aromatic N) is 3. The van der Waals surface area contributed by atoms with Crippen LogP contribution in [0, 0.1) is 0 Å². The summed E-state index contributed by atoms with van der Waals surface area (Å²) in [6.07, 6.45) is -3.38. The third-order valence-corrected chi connectivity index (χ3v) is 5.61. The zero-order valence-electron chi connectivity index (χ0n) is 19.9. The first-order valence-corrected chi connectivity index (χ1v) is 11.2. The molecule has 0 bridgehead atoms. The molecule has 1 saturated heterocycles. The Morgan fingerprint density at radius 3 is 2.11 bits per heavy atom. The van der Waals surface area contributed by atoms with Crippen LogP contribution in [-0.2, 0) is 46.5 Å². The molecule has 0 N–H and O–H groups in total. The van der Waals surface area contributed by atoms with Crippen molar-refractivity contribution in [3.8, 4) is 0 Å². The number of hydrogen-bond acceptors (Lipinski definition) is 8. The molecule has 3 rings (SSSR count). The monoisotopic (exact) mass is 483 g/mol. The van der Waals surface area contributed by atoms with Gasteiger partial charge in [0.05, 0.1) is 25.9 Å². The zero-order chi connectivity index (χ0) is 25.3. The Bertz CT molecular complexity index is 1030. The second kappa shape index (κ2) is 12.3. The second-order valence-corrected chi connectivity index (χ2v) is 8.20. The van der Waals surface area contributed by atoms with Gasteiger partial charge >= 0.3 is 11.9 Å². The molecule has 1 aliphatic rings. The van der Waals surface area contributed by atoms with Crippen molar-refractivity contribution >= 4 is 11.9 Å². The highest BCUT2D eigenvalue weighted by atomic mass is 16.8. The molecule has 10 nitrogen and oxygen atoms in total. The van der Waals surface area contributed by atoms with Crippen LogP contribution in [-0.4, -0.2) is 48.7 Å². The van der Waals surface area contributed by atoms with Gasteiger partial charge in [0.1, 0.15) is 11.7 Å². The third-order valence-electron chi connectivity index (χ3n) is 5.61. The fraction of sp³-hybridized carbons (Fsp3) is 0.440. The number of azide groups is 1. The van der Waals surface area contributed by atoms with Gasteiger partial charge in [0.15, 0.2) is 6.10 Å². The van der Waals surface area contributed by atoms with E-state index in [2.05, 4.69) is 10.0 Å².